The van der Waals surface area contributed by atoms with Crippen molar-refractivity contribution in [1.82, 2.24) is 4.90 Å². The molecule has 0 unspecified atom stereocenters. The summed E-state index contributed by atoms with van der Waals surface area (Å²) in [5.74, 6) is 0. The van der Waals surface area contributed by atoms with Gasteiger partial charge in [-0.1, -0.05) is 0 Å². The summed E-state index contributed by atoms with van der Waals surface area (Å²) in [4.78, 5) is 1.18. The summed E-state index contributed by atoms with van der Waals surface area (Å²) in [5, 5.41) is 17.3. The Kier molecular flexibility index (Phi) is 4.16. The quantitative estimate of drug-likeness (QED) is 0.761. The second-order valence-electron chi connectivity index (χ2n) is 4.38. The SMILES string of the molecule is N#CCC1(CN(CCO)CC(F)(F)F)CC1. The van der Waals surface area contributed by atoms with Gasteiger partial charge in [0.25, 0.3) is 0 Å². The highest BCUT2D eigenvalue weighted by Crippen LogP contribution is 2.49. The summed E-state index contributed by atoms with van der Waals surface area (Å²) < 4.78 is 36.7. The van der Waals surface area contributed by atoms with Crippen molar-refractivity contribution < 1.29 is 18.3 Å². The Bertz CT molecular complexity index is 268. The van der Waals surface area contributed by atoms with E-state index in [1.807, 2.05) is 6.07 Å². The van der Waals surface area contributed by atoms with Crippen molar-refractivity contribution >= 4 is 0 Å². The molecule has 0 bridgehead atoms. The largest absolute Gasteiger partial charge is 0.401 e. The van der Waals surface area contributed by atoms with Crippen molar-refractivity contribution in [3.05, 3.63) is 0 Å². The maximum atomic E-state index is 12.2. The molecule has 1 rings (SSSR count). The Hall–Kier alpha value is -0.800. The van der Waals surface area contributed by atoms with E-state index in [-0.39, 0.29) is 25.1 Å². The Labute approximate surface area is 92.5 Å². The lowest BCUT2D eigenvalue weighted by molar-refractivity contribution is -0.148. The van der Waals surface area contributed by atoms with Crippen molar-refractivity contribution in [3.8, 4) is 6.07 Å². The van der Waals surface area contributed by atoms with Gasteiger partial charge in [0.05, 0.1) is 19.2 Å². The van der Waals surface area contributed by atoms with Gasteiger partial charge in [-0.2, -0.15) is 18.4 Å². The normalized spacial score (nSPS) is 18.5. The molecule has 1 aliphatic rings. The van der Waals surface area contributed by atoms with Gasteiger partial charge in [0.15, 0.2) is 0 Å². The minimum Gasteiger partial charge on any atom is -0.395 e. The summed E-state index contributed by atoms with van der Waals surface area (Å²) in [5.41, 5.74) is -0.255. The van der Waals surface area contributed by atoms with Crippen LogP contribution in [0, 0.1) is 16.7 Å². The molecule has 0 saturated heterocycles. The van der Waals surface area contributed by atoms with E-state index in [9.17, 15) is 13.2 Å². The van der Waals surface area contributed by atoms with Crippen LogP contribution in [0.1, 0.15) is 19.3 Å². The highest BCUT2D eigenvalue weighted by Gasteiger charge is 2.45. The molecule has 3 nitrogen and oxygen atoms in total. The number of aliphatic hydroxyl groups excluding tert-OH is 1. The van der Waals surface area contributed by atoms with E-state index in [0.29, 0.717) is 6.42 Å². The van der Waals surface area contributed by atoms with Crippen LogP contribution in [0.25, 0.3) is 0 Å². The van der Waals surface area contributed by atoms with Gasteiger partial charge >= 0.3 is 6.18 Å². The van der Waals surface area contributed by atoms with Crippen LogP contribution in [0.4, 0.5) is 13.2 Å². The molecule has 0 atom stereocenters. The first kappa shape index (κ1) is 13.3. The lowest BCUT2D eigenvalue weighted by Crippen LogP contribution is -2.39. The number of hydrogen-bond donors (Lipinski definition) is 1. The zero-order valence-electron chi connectivity index (χ0n) is 8.93. The number of nitriles is 1. The van der Waals surface area contributed by atoms with E-state index in [4.69, 9.17) is 10.4 Å². The van der Waals surface area contributed by atoms with Crippen molar-refractivity contribution in [3.63, 3.8) is 0 Å². The van der Waals surface area contributed by atoms with Crippen LogP contribution in [-0.2, 0) is 0 Å². The Balaban J connectivity index is 2.48. The number of hydrogen-bond acceptors (Lipinski definition) is 3. The molecule has 0 spiro atoms. The van der Waals surface area contributed by atoms with Crippen molar-refractivity contribution in [2.75, 3.05) is 26.2 Å². The van der Waals surface area contributed by atoms with Crippen molar-refractivity contribution in [2.24, 2.45) is 5.41 Å². The molecule has 0 heterocycles. The van der Waals surface area contributed by atoms with E-state index < -0.39 is 12.7 Å². The molecule has 0 aromatic rings. The average molecular weight is 236 g/mol. The van der Waals surface area contributed by atoms with Crippen LogP contribution >= 0.6 is 0 Å². The van der Waals surface area contributed by atoms with Crippen molar-refractivity contribution in [1.29, 1.82) is 5.26 Å². The fraction of sp³-hybridized carbons (Fsp3) is 0.900. The monoisotopic (exact) mass is 236 g/mol. The Morgan fingerprint density at radius 1 is 1.38 bits per heavy atom. The summed E-state index contributed by atoms with van der Waals surface area (Å²) in [6.07, 6.45) is -2.34. The molecular weight excluding hydrogens is 221 g/mol. The van der Waals surface area contributed by atoms with Crippen molar-refractivity contribution in [2.45, 2.75) is 25.4 Å². The zero-order valence-corrected chi connectivity index (χ0v) is 8.93. The number of rotatable bonds is 6. The van der Waals surface area contributed by atoms with E-state index in [0.717, 1.165) is 12.8 Å². The van der Waals surface area contributed by atoms with Crippen LogP contribution < -0.4 is 0 Å². The molecule has 1 saturated carbocycles. The topological polar surface area (TPSA) is 47.3 Å². The summed E-state index contributed by atoms with van der Waals surface area (Å²) in [6, 6.07) is 2.01. The highest BCUT2D eigenvalue weighted by atomic mass is 19.4. The standard InChI is InChI=1S/C10H15F3N2O/c11-10(12,13)8-15(5-6-16)7-9(1-2-9)3-4-14/h16H,1-3,5-8H2. The van der Waals surface area contributed by atoms with Crippen LogP contribution in [0.3, 0.4) is 0 Å². The van der Waals surface area contributed by atoms with Gasteiger partial charge in [-0.3, -0.25) is 4.90 Å². The third kappa shape index (κ3) is 4.37. The second kappa shape index (κ2) is 5.02. The van der Waals surface area contributed by atoms with Crippen LogP contribution in [0.2, 0.25) is 0 Å². The fourth-order valence-electron chi connectivity index (χ4n) is 1.82. The van der Waals surface area contributed by atoms with E-state index in [2.05, 4.69) is 0 Å². The fourth-order valence-corrected chi connectivity index (χ4v) is 1.82. The van der Waals surface area contributed by atoms with E-state index >= 15 is 0 Å². The molecule has 92 valence electrons. The van der Waals surface area contributed by atoms with Gasteiger partial charge in [-0.05, 0) is 18.3 Å². The first-order valence-corrected chi connectivity index (χ1v) is 5.18. The number of alkyl halides is 3. The number of nitrogens with zero attached hydrogens (tertiary/aromatic N) is 2. The number of aliphatic hydroxyl groups is 1. The van der Waals surface area contributed by atoms with Gasteiger partial charge in [0, 0.05) is 19.5 Å². The minimum atomic E-state index is -4.25. The van der Waals surface area contributed by atoms with E-state index in [1.54, 1.807) is 0 Å². The molecule has 16 heavy (non-hydrogen) atoms. The molecular formula is C10H15F3N2O. The van der Waals surface area contributed by atoms with Gasteiger partial charge in [0.2, 0.25) is 0 Å². The maximum Gasteiger partial charge on any atom is 0.401 e. The molecule has 0 aromatic carbocycles. The molecule has 1 aliphatic carbocycles. The first-order chi connectivity index (χ1) is 7.41. The molecule has 0 amide bonds. The van der Waals surface area contributed by atoms with Gasteiger partial charge in [0.1, 0.15) is 0 Å². The maximum absolute atomic E-state index is 12.2. The third-order valence-corrected chi connectivity index (χ3v) is 2.79. The predicted molar refractivity (Wildman–Crippen MR) is 51.5 cm³/mol. The van der Waals surface area contributed by atoms with Crippen LogP contribution in [-0.4, -0.2) is 42.4 Å². The smallest absolute Gasteiger partial charge is 0.395 e. The molecule has 0 aromatic heterocycles. The molecule has 0 radical (unpaired) electrons. The average Bonchev–Trinajstić information content (AvgIpc) is 2.82. The summed E-state index contributed by atoms with van der Waals surface area (Å²) >= 11 is 0. The van der Waals surface area contributed by atoms with E-state index in [1.165, 1.54) is 4.90 Å². The summed E-state index contributed by atoms with van der Waals surface area (Å²) in [7, 11) is 0. The summed E-state index contributed by atoms with van der Waals surface area (Å²) in [6.45, 7) is -1.05. The van der Waals surface area contributed by atoms with Crippen LogP contribution in [0.5, 0.6) is 0 Å². The van der Waals surface area contributed by atoms with Gasteiger partial charge < -0.3 is 5.11 Å². The molecule has 1 N–H and O–H groups in total. The minimum absolute atomic E-state index is 0.00664. The Morgan fingerprint density at radius 3 is 2.38 bits per heavy atom. The highest BCUT2D eigenvalue weighted by molar-refractivity contribution is 5.01. The lowest BCUT2D eigenvalue weighted by Gasteiger charge is -2.26. The Morgan fingerprint density at radius 2 is 2.00 bits per heavy atom. The van der Waals surface area contributed by atoms with Gasteiger partial charge in [-0.15, -0.1) is 0 Å². The number of halogens is 3. The van der Waals surface area contributed by atoms with Crippen LogP contribution in [0.15, 0.2) is 0 Å². The molecule has 0 aliphatic heterocycles. The lowest BCUT2D eigenvalue weighted by atomic mass is 10.0. The predicted octanol–water partition coefficient (Wildman–Crippen LogP) is 1.54. The third-order valence-electron chi connectivity index (χ3n) is 2.79. The molecule has 6 heteroatoms. The first-order valence-electron chi connectivity index (χ1n) is 5.18. The zero-order chi connectivity index (χ0) is 12.2. The molecule has 1 fully saturated rings. The van der Waals surface area contributed by atoms with Gasteiger partial charge in [-0.25, -0.2) is 0 Å². The second-order valence-corrected chi connectivity index (χ2v) is 4.38.